The number of carboxylic acids is 1. The zero-order valence-electron chi connectivity index (χ0n) is 10.5. The number of rotatable bonds is 7. The number of hydrogen-bond acceptors (Lipinski definition) is 3. The van der Waals surface area contributed by atoms with Gasteiger partial charge in [0.2, 0.25) is 0 Å². The molecular formula is C12H21N3O3. The summed E-state index contributed by atoms with van der Waals surface area (Å²) < 4.78 is 0. The molecule has 0 spiro atoms. The van der Waals surface area contributed by atoms with Crippen LogP contribution >= 0.6 is 0 Å². The number of amides is 2. The Labute approximate surface area is 107 Å². The highest BCUT2D eigenvalue weighted by Gasteiger charge is 2.45. The summed E-state index contributed by atoms with van der Waals surface area (Å²) in [6, 6.07) is 0.313. The first-order chi connectivity index (χ1) is 8.62. The molecule has 6 heteroatoms. The van der Waals surface area contributed by atoms with Gasteiger partial charge in [-0.15, -0.1) is 0 Å². The van der Waals surface area contributed by atoms with Crippen LogP contribution in [0.15, 0.2) is 0 Å². The van der Waals surface area contributed by atoms with Crippen LogP contribution in [0.25, 0.3) is 0 Å². The topological polar surface area (TPSA) is 90.5 Å². The summed E-state index contributed by atoms with van der Waals surface area (Å²) in [5.41, 5.74) is -1.02. The van der Waals surface area contributed by atoms with E-state index in [0.717, 1.165) is 19.4 Å². The first-order valence-corrected chi connectivity index (χ1v) is 6.65. The molecule has 2 rings (SSSR count). The van der Waals surface area contributed by atoms with Crippen molar-refractivity contribution >= 4 is 12.0 Å². The Morgan fingerprint density at radius 2 is 1.94 bits per heavy atom. The zero-order chi connectivity index (χ0) is 13.0. The second-order valence-corrected chi connectivity index (χ2v) is 5.20. The number of aliphatic carboxylic acids is 1. The molecule has 0 heterocycles. The highest BCUT2D eigenvalue weighted by molar-refractivity contribution is 5.87. The van der Waals surface area contributed by atoms with Gasteiger partial charge in [-0.1, -0.05) is 0 Å². The van der Waals surface area contributed by atoms with Crippen molar-refractivity contribution < 1.29 is 14.7 Å². The Kier molecular flexibility index (Phi) is 4.06. The Bertz CT molecular complexity index is 325. The average Bonchev–Trinajstić information content (AvgIpc) is 3.06. The zero-order valence-corrected chi connectivity index (χ0v) is 10.5. The monoisotopic (exact) mass is 255 g/mol. The van der Waals surface area contributed by atoms with E-state index in [1.54, 1.807) is 0 Å². The lowest BCUT2D eigenvalue weighted by atomic mass is 9.77. The largest absolute Gasteiger partial charge is 0.480 e. The van der Waals surface area contributed by atoms with Gasteiger partial charge in [0, 0.05) is 12.6 Å². The molecule has 102 valence electrons. The van der Waals surface area contributed by atoms with Crippen LogP contribution in [0.5, 0.6) is 0 Å². The van der Waals surface area contributed by atoms with Gasteiger partial charge in [0.05, 0.1) is 0 Å². The van der Waals surface area contributed by atoms with Gasteiger partial charge in [0.15, 0.2) is 0 Å². The van der Waals surface area contributed by atoms with Gasteiger partial charge < -0.3 is 21.1 Å². The number of carbonyl (C=O) groups excluding carboxylic acids is 1. The van der Waals surface area contributed by atoms with Crippen molar-refractivity contribution in [2.75, 3.05) is 13.1 Å². The molecule has 0 atom stereocenters. The molecule has 2 aliphatic rings. The van der Waals surface area contributed by atoms with Gasteiger partial charge in [0.25, 0.3) is 0 Å². The molecular weight excluding hydrogens is 234 g/mol. The van der Waals surface area contributed by atoms with Crippen molar-refractivity contribution in [3.05, 3.63) is 0 Å². The van der Waals surface area contributed by atoms with Gasteiger partial charge in [0.1, 0.15) is 5.54 Å². The lowest BCUT2D eigenvalue weighted by Crippen LogP contribution is -2.61. The molecule has 0 radical (unpaired) electrons. The molecule has 2 fully saturated rings. The predicted octanol–water partition coefficient (Wildman–Crippen LogP) is 0.435. The van der Waals surface area contributed by atoms with Crippen LogP contribution in [0, 0.1) is 0 Å². The highest BCUT2D eigenvalue weighted by Crippen LogP contribution is 2.31. The average molecular weight is 255 g/mol. The maximum atomic E-state index is 11.6. The van der Waals surface area contributed by atoms with Gasteiger partial charge >= 0.3 is 12.0 Å². The van der Waals surface area contributed by atoms with E-state index in [4.69, 9.17) is 5.11 Å². The van der Waals surface area contributed by atoms with E-state index in [1.807, 2.05) is 0 Å². The Balaban J connectivity index is 1.57. The lowest BCUT2D eigenvalue weighted by molar-refractivity contribution is -0.148. The van der Waals surface area contributed by atoms with E-state index in [1.165, 1.54) is 12.8 Å². The van der Waals surface area contributed by atoms with Gasteiger partial charge in [-0.25, -0.2) is 9.59 Å². The molecule has 2 aliphatic carbocycles. The van der Waals surface area contributed by atoms with Gasteiger partial charge in [-0.2, -0.15) is 0 Å². The number of carbonyl (C=O) groups is 2. The molecule has 2 amide bonds. The minimum atomic E-state index is -1.02. The first-order valence-electron chi connectivity index (χ1n) is 6.65. The first kappa shape index (κ1) is 13.1. The summed E-state index contributed by atoms with van der Waals surface area (Å²) >= 11 is 0. The molecule has 0 saturated heterocycles. The minimum Gasteiger partial charge on any atom is -0.480 e. The SMILES string of the molecule is O=C(NCCCNC1CC1)NC1(C(=O)O)CCC1. The minimum absolute atomic E-state index is 0.372. The normalized spacial score (nSPS) is 20.9. The Hall–Kier alpha value is -1.30. The van der Waals surface area contributed by atoms with Crippen LogP contribution in [0.1, 0.15) is 38.5 Å². The number of urea groups is 1. The maximum Gasteiger partial charge on any atom is 0.329 e. The summed E-state index contributed by atoms with van der Waals surface area (Å²) in [5, 5.41) is 17.7. The summed E-state index contributed by atoms with van der Waals surface area (Å²) in [4.78, 5) is 22.6. The molecule has 0 bridgehead atoms. The second kappa shape index (κ2) is 5.56. The fourth-order valence-electron chi connectivity index (χ4n) is 2.07. The Morgan fingerprint density at radius 1 is 1.22 bits per heavy atom. The van der Waals surface area contributed by atoms with E-state index in [9.17, 15) is 9.59 Å². The molecule has 2 saturated carbocycles. The molecule has 0 aromatic rings. The maximum absolute atomic E-state index is 11.6. The van der Waals surface area contributed by atoms with Gasteiger partial charge in [-0.3, -0.25) is 0 Å². The van der Waals surface area contributed by atoms with E-state index in [-0.39, 0.29) is 6.03 Å². The number of hydrogen-bond donors (Lipinski definition) is 4. The summed E-state index contributed by atoms with van der Waals surface area (Å²) in [6.45, 7) is 1.47. The fourth-order valence-corrected chi connectivity index (χ4v) is 2.07. The highest BCUT2D eigenvalue weighted by atomic mass is 16.4. The van der Waals surface area contributed by atoms with E-state index < -0.39 is 11.5 Å². The van der Waals surface area contributed by atoms with Gasteiger partial charge in [-0.05, 0) is 45.1 Å². The van der Waals surface area contributed by atoms with Crippen LogP contribution < -0.4 is 16.0 Å². The summed E-state index contributed by atoms with van der Waals surface area (Å²) in [7, 11) is 0. The molecule has 0 aromatic carbocycles. The van der Waals surface area contributed by atoms with Crippen LogP contribution in [-0.4, -0.2) is 41.8 Å². The standard InChI is InChI=1S/C12H21N3O3/c16-10(17)12(5-1-6-12)15-11(18)14-8-2-7-13-9-3-4-9/h9,13H,1-8H2,(H,16,17)(H2,14,15,18). The molecule has 0 unspecified atom stereocenters. The number of nitrogens with one attached hydrogen (secondary N) is 3. The third-order valence-corrected chi connectivity index (χ3v) is 3.62. The van der Waals surface area contributed by atoms with Crippen molar-refractivity contribution in [2.24, 2.45) is 0 Å². The molecule has 0 aliphatic heterocycles. The van der Waals surface area contributed by atoms with Crippen LogP contribution in [0.2, 0.25) is 0 Å². The molecule has 6 nitrogen and oxygen atoms in total. The second-order valence-electron chi connectivity index (χ2n) is 5.20. The molecule has 18 heavy (non-hydrogen) atoms. The van der Waals surface area contributed by atoms with Crippen molar-refractivity contribution in [3.8, 4) is 0 Å². The summed E-state index contributed by atoms with van der Waals surface area (Å²) in [5.74, 6) is -0.931. The summed E-state index contributed by atoms with van der Waals surface area (Å²) in [6.07, 6.45) is 5.30. The third-order valence-electron chi connectivity index (χ3n) is 3.62. The third kappa shape index (κ3) is 3.35. The van der Waals surface area contributed by atoms with E-state index >= 15 is 0 Å². The van der Waals surface area contributed by atoms with Crippen LogP contribution in [-0.2, 0) is 4.79 Å². The quantitative estimate of drug-likeness (QED) is 0.497. The molecule has 0 aromatic heterocycles. The number of carboxylic acid groups (broad SMARTS) is 1. The predicted molar refractivity (Wildman–Crippen MR) is 66.4 cm³/mol. The van der Waals surface area contributed by atoms with E-state index in [2.05, 4.69) is 16.0 Å². The lowest BCUT2D eigenvalue weighted by Gasteiger charge is -2.38. The van der Waals surface area contributed by atoms with E-state index in [0.29, 0.717) is 25.4 Å². The Morgan fingerprint density at radius 3 is 2.44 bits per heavy atom. The van der Waals surface area contributed by atoms with Crippen molar-refractivity contribution in [2.45, 2.75) is 50.1 Å². The van der Waals surface area contributed by atoms with Crippen LogP contribution in [0.3, 0.4) is 0 Å². The van der Waals surface area contributed by atoms with Crippen molar-refractivity contribution in [3.63, 3.8) is 0 Å². The fraction of sp³-hybridized carbons (Fsp3) is 0.833. The van der Waals surface area contributed by atoms with Crippen molar-refractivity contribution in [1.82, 2.24) is 16.0 Å². The van der Waals surface area contributed by atoms with Crippen molar-refractivity contribution in [1.29, 1.82) is 0 Å². The smallest absolute Gasteiger partial charge is 0.329 e. The molecule has 4 N–H and O–H groups in total. The van der Waals surface area contributed by atoms with Crippen LogP contribution in [0.4, 0.5) is 4.79 Å².